The minimum atomic E-state index is -0.816. The van der Waals surface area contributed by atoms with Gasteiger partial charge in [0.15, 0.2) is 17.4 Å². The van der Waals surface area contributed by atoms with Crippen LogP contribution in [0.15, 0.2) is 66.2 Å². The zero-order valence-corrected chi connectivity index (χ0v) is 16.9. The van der Waals surface area contributed by atoms with Gasteiger partial charge in [-0.3, -0.25) is 9.69 Å². The second-order valence-electron chi connectivity index (χ2n) is 7.42. The minimum absolute atomic E-state index is 0.264. The number of fused-ring (bicyclic) bond motifs is 1. The summed E-state index contributed by atoms with van der Waals surface area (Å²) < 4.78 is 33.0. The highest BCUT2D eigenvalue weighted by atomic mass is 19.1. The molecule has 0 aromatic heterocycles. The first-order valence-electron chi connectivity index (χ1n) is 9.81. The summed E-state index contributed by atoms with van der Waals surface area (Å²) in [4.78, 5) is 16.8. The Hall–Kier alpha value is -3.19. The van der Waals surface area contributed by atoms with Gasteiger partial charge >= 0.3 is 0 Å². The summed E-state index contributed by atoms with van der Waals surface area (Å²) in [5.41, 5.74) is 2.36. The van der Waals surface area contributed by atoms with E-state index in [9.17, 15) is 13.6 Å². The maximum Gasteiger partial charge on any atom is 0.255 e. The van der Waals surface area contributed by atoms with Gasteiger partial charge in [-0.15, -0.1) is 0 Å². The van der Waals surface area contributed by atoms with Gasteiger partial charge in [-0.05, 0) is 48.4 Å². The first-order valence-corrected chi connectivity index (χ1v) is 9.81. The normalized spacial score (nSPS) is 23.1. The summed E-state index contributed by atoms with van der Waals surface area (Å²) in [6.45, 7) is 4.71. The van der Waals surface area contributed by atoms with E-state index in [4.69, 9.17) is 4.74 Å². The molecule has 1 amide bonds. The molecule has 4 rings (SSSR count). The van der Waals surface area contributed by atoms with Crippen molar-refractivity contribution in [3.63, 3.8) is 0 Å². The summed E-state index contributed by atoms with van der Waals surface area (Å²) in [7, 11) is 1.21. The van der Waals surface area contributed by atoms with Crippen molar-refractivity contribution in [3.8, 4) is 5.75 Å². The lowest BCUT2D eigenvalue weighted by molar-refractivity contribution is -0.122. The summed E-state index contributed by atoms with van der Waals surface area (Å²) >= 11 is 0. The van der Waals surface area contributed by atoms with Gasteiger partial charge in [0.1, 0.15) is 0 Å². The number of benzene rings is 1. The van der Waals surface area contributed by atoms with Gasteiger partial charge in [0, 0.05) is 43.6 Å². The van der Waals surface area contributed by atoms with Crippen LogP contribution < -0.4 is 10.1 Å². The molecule has 0 spiro atoms. The zero-order chi connectivity index (χ0) is 21.3. The molecule has 1 aromatic carbocycles. The number of methoxy groups -OCH3 is 1. The highest BCUT2D eigenvalue weighted by Crippen LogP contribution is 2.29. The Morgan fingerprint density at radius 2 is 1.87 bits per heavy atom. The van der Waals surface area contributed by atoms with E-state index in [1.807, 2.05) is 18.4 Å². The third-order valence-corrected chi connectivity index (χ3v) is 5.29. The fourth-order valence-corrected chi connectivity index (χ4v) is 3.78. The maximum absolute atomic E-state index is 14.1. The van der Waals surface area contributed by atoms with Crippen molar-refractivity contribution in [2.45, 2.75) is 13.0 Å². The molecule has 1 atom stereocenters. The topological polar surface area (TPSA) is 44.8 Å². The smallest absolute Gasteiger partial charge is 0.255 e. The number of rotatable bonds is 3. The summed E-state index contributed by atoms with van der Waals surface area (Å²) in [6, 6.07) is 2.69. The molecule has 0 aliphatic carbocycles. The second-order valence-corrected chi connectivity index (χ2v) is 7.42. The Labute approximate surface area is 174 Å². The molecule has 0 radical (unpaired) electrons. The molecule has 0 bridgehead atoms. The molecule has 0 saturated carbocycles. The fraction of sp³-hybridized carbons (Fsp3) is 0.261. The average molecular weight is 411 g/mol. The van der Waals surface area contributed by atoms with Crippen LogP contribution >= 0.6 is 0 Å². The summed E-state index contributed by atoms with van der Waals surface area (Å²) in [5.74, 6) is -2.36. The van der Waals surface area contributed by atoms with Gasteiger partial charge in [0.25, 0.3) is 5.91 Å². The zero-order valence-electron chi connectivity index (χ0n) is 16.9. The standard InChI is InChI=1S/C23H23F2N3O2/c1-15-13-27(9-8-26-15)19-7-6-18-5-3-4-16(12-22(29)28(18)14-19)17-10-20(24)23(30-2)21(25)11-17/h3-7,10-12,14-15,26H,8-9,13H2,1-2H3/b4-3?,16-12?,18-5+/t15-/m0/s1. The molecule has 1 saturated heterocycles. The number of hydrogen-bond acceptors (Lipinski definition) is 4. The van der Waals surface area contributed by atoms with Crippen LogP contribution in [-0.4, -0.2) is 48.5 Å². The molecule has 5 nitrogen and oxygen atoms in total. The van der Waals surface area contributed by atoms with E-state index >= 15 is 0 Å². The number of halogens is 2. The lowest BCUT2D eigenvalue weighted by atomic mass is 10.0. The number of carbonyl (C=O) groups is 1. The molecule has 0 unspecified atom stereocenters. The Morgan fingerprint density at radius 3 is 2.57 bits per heavy atom. The molecular weight excluding hydrogens is 388 g/mol. The average Bonchev–Trinajstić information content (AvgIpc) is 2.71. The van der Waals surface area contributed by atoms with Gasteiger partial charge in [-0.25, -0.2) is 8.78 Å². The van der Waals surface area contributed by atoms with E-state index in [0.717, 1.165) is 43.2 Å². The number of amides is 1. The van der Waals surface area contributed by atoms with E-state index in [-0.39, 0.29) is 11.5 Å². The quantitative estimate of drug-likeness (QED) is 0.829. The Bertz CT molecular complexity index is 1000. The molecule has 156 valence electrons. The molecule has 1 fully saturated rings. The number of allylic oxidation sites excluding steroid dienone is 6. The Morgan fingerprint density at radius 1 is 1.13 bits per heavy atom. The van der Waals surface area contributed by atoms with Crippen LogP contribution in [0.3, 0.4) is 0 Å². The summed E-state index contributed by atoms with van der Waals surface area (Å²) in [5, 5.41) is 3.40. The van der Waals surface area contributed by atoms with Gasteiger partial charge in [-0.1, -0.05) is 12.2 Å². The highest BCUT2D eigenvalue weighted by Gasteiger charge is 2.23. The van der Waals surface area contributed by atoms with Gasteiger partial charge in [-0.2, -0.15) is 0 Å². The number of piperazine rings is 1. The van der Waals surface area contributed by atoms with E-state index in [1.54, 1.807) is 23.1 Å². The van der Waals surface area contributed by atoms with Crippen molar-refractivity contribution in [2.24, 2.45) is 0 Å². The van der Waals surface area contributed by atoms with E-state index < -0.39 is 17.4 Å². The largest absolute Gasteiger partial charge is 0.491 e. The number of nitrogens with zero attached hydrogens (tertiary/aromatic N) is 2. The molecule has 3 aliphatic heterocycles. The van der Waals surface area contributed by atoms with Crippen LogP contribution in [0.4, 0.5) is 8.78 Å². The third-order valence-electron chi connectivity index (χ3n) is 5.29. The van der Waals surface area contributed by atoms with E-state index in [0.29, 0.717) is 11.6 Å². The SMILES string of the molecule is COc1c(F)cc(C2=CC(=O)N3C=C(N4CCN[C@@H](C)C4)C=C/C3=C\C=C2)cc1F. The van der Waals surface area contributed by atoms with E-state index in [2.05, 4.69) is 17.1 Å². The van der Waals surface area contributed by atoms with Crippen molar-refractivity contribution in [3.05, 3.63) is 83.4 Å². The van der Waals surface area contributed by atoms with Crippen LogP contribution in [-0.2, 0) is 4.79 Å². The predicted molar refractivity (Wildman–Crippen MR) is 111 cm³/mol. The fourth-order valence-electron chi connectivity index (χ4n) is 3.78. The predicted octanol–water partition coefficient (Wildman–Crippen LogP) is 3.34. The van der Waals surface area contributed by atoms with Gasteiger partial charge in [0.2, 0.25) is 0 Å². The van der Waals surface area contributed by atoms with Crippen LogP contribution in [0, 0.1) is 11.6 Å². The lowest BCUT2D eigenvalue weighted by Crippen LogP contribution is -2.48. The summed E-state index contributed by atoms with van der Waals surface area (Å²) in [6.07, 6.45) is 12.3. The second kappa shape index (κ2) is 8.28. The van der Waals surface area contributed by atoms with Crippen LogP contribution in [0.1, 0.15) is 12.5 Å². The molecule has 1 N–H and O–H groups in total. The monoisotopic (exact) mass is 411 g/mol. The lowest BCUT2D eigenvalue weighted by Gasteiger charge is -2.36. The van der Waals surface area contributed by atoms with Crippen molar-refractivity contribution < 1.29 is 18.3 Å². The minimum Gasteiger partial charge on any atom is -0.491 e. The molecule has 7 heteroatoms. The van der Waals surface area contributed by atoms with Crippen molar-refractivity contribution in [2.75, 3.05) is 26.7 Å². The Kier molecular flexibility index (Phi) is 5.55. The molecular formula is C23H23F2N3O2. The van der Waals surface area contributed by atoms with Crippen LogP contribution in [0.25, 0.3) is 5.57 Å². The van der Waals surface area contributed by atoms with Gasteiger partial charge in [0.05, 0.1) is 12.8 Å². The highest BCUT2D eigenvalue weighted by molar-refractivity contribution is 5.99. The van der Waals surface area contributed by atoms with Crippen molar-refractivity contribution in [1.29, 1.82) is 0 Å². The van der Waals surface area contributed by atoms with Gasteiger partial charge < -0.3 is 15.0 Å². The molecule has 3 heterocycles. The Balaban J connectivity index is 1.66. The first-order chi connectivity index (χ1) is 14.5. The van der Waals surface area contributed by atoms with Crippen LogP contribution in [0.2, 0.25) is 0 Å². The maximum atomic E-state index is 14.1. The van der Waals surface area contributed by atoms with E-state index in [1.165, 1.54) is 13.2 Å². The number of ether oxygens (including phenoxy) is 1. The third kappa shape index (κ3) is 3.93. The van der Waals surface area contributed by atoms with Crippen molar-refractivity contribution >= 4 is 11.5 Å². The van der Waals surface area contributed by atoms with Crippen molar-refractivity contribution in [1.82, 2.24) is 15.1 Å². The molecule has 1 aromatic rings. The molecule has 3 aliphatic rings. The molecule has 30 heavy (non-hydrogen) atoms. The number of carbonyl (C=O) groups excluding carboxylic acids is 1. The first kappa shape index (κ1) is 20.1. The van der Waals surface area contributed by atoms with Crippen LogP contribution in [0.5, 0.6) is 5.75 Å². The number of hydrogen-bond donors (Lipinski definition) is 1. The number of nitrogens with one attached hydrogen (secondary N) is 1.